The smallest absolute Gasteiger partial charge is 0.422 e. The fraction of sp³-hybridized carbons (Fsp3) is 0.625. The molecule has 1 aromatic rings. The molecule has 2 rings (SSSR count). The Bertz CT molecular complexity index is 631. The molecule has 0 saturated carbocycles. The maximum absolute atomic E-state index is 12.4. The van der Waals surface area contributed by atoms with Crippen molar-refractivity contribution in [3.63, 3.8) is 0 Å². The van der Waals surface area contributed by atoms with Crippen LogP contribution in [0.4, 0.5) is 26.3 Å². The van der Waals surface area contributed by atoms with Gasteiger partial charge in [0.05, 0.1) is 17.2 Å². The molecule has 0 unspecified atom stereocenters. The van der Waals surface area contributed by atoms with Gasteiger partial charge in [0, 0.05) is 32.7 Å². The van der Waals surface area contributed by atoms with E-state index in [0.717, 1.165) is 5.56 Å². The highest BCUT2D eigenvalue weighted by Crippen LogP contribution is 2.35. The van der Waals surface area contributed by atoms with E-state index in [1.165, 1.54) is 12.0 Å². The number of methoxy groups -OCH3 is 1. The minimum Gasteiger partial charge on any atom is -0.493 e. The van der Waals surface area contributed by atoms with Crippen LogP contribution < -0.4 is 9.47 Å². The number of piperazine rings is 1. The summed E-state index contributed by atoms with van der Waals surface area (Å²) in [4.78, 5) is 3.35. The second kappa shape index (κ2) is 9.03. The predicted molar refractivity (Wildman–Crippen MR) is 95.0 cm³/mol. The third-order valence-electron chi connectivity index (χ3n) is 3.94. The van der Waals surface area contributed by atoms with Crippen LogP contribution in [0.1, 0.15) is 5.56 Å². The Morgan fingerprint density at radius 3 is 2.07 bits per heavy atom. The minimum atomic E-state index is -4.46. The lowest BCUT2D eigenvalue weighted by molar-refractivity contribution is -0.153. The van der Waals surface area contributed by atoms with Crippen molar-refractivity contribution in [2.75, 3.05) is 46.4 Å². The zero-order valence-electron chi connectivity index (χ0n) is 14.5. The van der Waals surface area contributed by atoms with E-state index in [1.54, 1.807) is 12.1 Å². The zero-order chi connectivity index (χ0) is 20.2. The van der Waals surface area contributed by atoms with Crippen LogP contribution in [0.3, 0.4) is 0 Å². The van der Waals surface area contributed by atoms with Crippen molar-refractivity contribution in [1.82, 2.24) is 9.80 Å². The van der Waals surface area contributed by atoms with Crippen LogP contribution in [0.15, 0.2) is 12.1 Å². The molecule has 1 aliphatic heterocycles. The molecule has 4 nitrogen and oxygen atoms in total. The van der Waals surface area contributed by atoms with Crippen LogP contribution in [0, 0.1) is 3.57 Å². The molecule has 0 aromatic heterocycles. The van der Waals surface area contributed by atoms with Crippen molar-refractivity contribution in [3.8, 4) is 11.5 Å². The molecule has 0 radical (unpaired) electrons. The molecule has 154 valence electrons. The molecule has 1 heterocycles. The number of benzene rings is 1. The molecule has 0 bridgehead atoms. The molecule has 0 aliphatic carbocycles. The van der Waals surface area contributed by atoms with Gasteiger partial charge >= 0.3 is 12.4 Å². The van der Waals surface area contributed by atoms with Crippen LogP contribution in [0.5, 0.6) is 11.5 Å². The molecule has 1 aliphatic rings. The van der Waals surface area contributed by atoms with Gasteiger partial charge in [-0.05, 0) is 40.3 Å². The fourth-order valence-electron chi connectivity index (χ4n) is 2.78. The van der Waals surface area contributed by atoms with Crippen LogP contribution >= 0.6 is 22.6 Å². The average molecular weight is 512 g/mol. The Morgan fingerprint density at radius 2 is 1.56 bits per heavy atom. The van der Waals surface area contributed by atoms with Crippen molar-refractivity contribution in [1.29, 1.82) is 0 Å². The lowest BCUT2D eigenvalue weighted by atomic mass is 10.1. The van der Waals surface area contributed by atoms with Crippen molar-refractivity contribution >= 4 is 22.6 Å². The second-order valence-corrected chi connectivity index (χ2v) is 7.34. The number of nitrogens with zero attached hydrogens (tertiary/aromatic N) is 2. The number of hydrogen-bond acceptors (Lipinski definition) is 4. The van der Waals surface area contributed by atoms with Gasteiger partial charge in [0.2, 0.25) is 0 Å². The van der Waals surface area contributed by atoms with Crippen molar-refractivity contribution < 1.29 is 35.8 Å². The van der Waals surface area contributed by atoms with E-state index in [2.05, 4.69) is 0 Å². The molecule has 1 fully saturated rings. The van der Waals surface area contributed by atoms with Crippen molar-refractivity contribution in [3.05, 3.63) is 21.3 Å². The third-order valence-corrected chi connectivity index (χ3v) is 4.74. The van der Waals surface area contributed by atoms with Gasteiger partial charge in [-0.2, -0.15) is 26.3 Å². The Kier molecular flexibility index (Phi) is 7.47. The topological polar surface area (TPSA) is 24.9 Å². The number of alkyl halides is 6. The summed E-state index contributed by atoms with van der Waals surface area (Å²) in [7, 11) is 1.34. The summed E-state index contributed by atoms with van der Waals surface area (Å²) >= 11 is 1.87. The molecule has 0 atom stereocenters. The van der Waals surface area contributed by atoms with Gasteiger partial charge in [0.1, 0.15) is 0 Å². The number of halogens is 7. The Balaban J connectivity index is 1.98. The van der Waals surface area contributed by atoms with Gasteiger partial charge in [-0.3, -0.25) is 9.80 Å². The lowest BCUT2D eigenvalue weighted by Gasteiger charge is -2.35. The fourth-order valence-corrected chi connectivity index (χ4v) is 3.60. The molecular weight excluding hydrogens is 493 g/mol. The molecule has 11 heteroatoms. The van der Waals surface area contributed by atoms with E-state index in [0.29, 0.717) is 36.3 Å². The average Bonchev–Trinajstić information content (AvgIpc) is 2.53. The summed E-state index contributed by atoms with van der Waals surface area (Å²) in [6, 6.07) is 3.28. The first kappa shape index (κ1) is 22.3. The van der Waals surface area contributed by atoms with E-state index in [4.69, 9.17) is 9.47 Å². The van der Waals surface area contributed by atoms with Crippen molar-refractivity contribution in [2.24, 2.45) is 0 Å². The van der Waals surface area contributed by atoms with Gasteiger partial charge in [-0.15, -0.1) is 0 Å². The summed E-state index contributed by atoms with van der Waals surface area (Å²) in [6.45, 7) is -0.312. The molecular formula is C16H19F6IN2O2. The van der Waals surface area contributed by atoms with E-state index < -0.39 is 25.5 Å². The summed E-state index contributed by atoms with van der Waals surface area (Å²) in [5.41, 5.74) is 0.792. The zero-order valence-corrected chi connectivity index (χ0v) is 16.6. The van der Waals surface area contributed by atoms with Gasteiger partial charge in [0.25, 0.3) is 0 Å². The van der Waals surface area contributed by atoms with Crippen LogP contribution in [0.2, 0.25) is 0 Å². The summed E-state index contributed by atoms with van der Waals surface area (Å²) in [5.74, 6) is 0.214. The Hall–Kier alpha value is -0.950. The largest absolute Gasteiger partial charge is 0.493 e. The summed E-state index contributed by atoms with van der Waals surface area (Å²) < 4.78 is 84.9. The van der Waals surface area contributed by atoms with Gasteiger partial charge in [0.15, 0.2) is 18.1 Å². The van der Waals surface area contributed by atoms with Crippen LogP contribution in [-0.4, -0.2) is 68.6 Å². The maximum atomic E-state index is 12.4. The van der Waals surface area contributed by atoms with E-state index in [9.17, 15) is 26.3 Å². The third kappa shape index (κ3) is 7.53. The molecule has 0 spiro atoms. The van der Waals surface area contributed by atoms with Crippen LogP contribution in [-0.2, 0) is 6.54 Å². The molecule has 1 aromatic carbocycles. The van der Waals surface area contributed by atoms with Crippen LogP contribution in [0.25, 0.3) is 0 Å². The highest BCUT2D eigenvalue weighted by atomic mass is 127. The highest BCUT2D eigenvalue weighted by Gasteiger charge is 2.32. The normalized spacial score (nSPS) is 17.2. The standard InChI is InChI=1S/C16H19F6IN2O2/c1-26-13-7-11(6-12(23)14(13)27-10-16(20,21)22)8-24-2-4-25(5-3-24)9-15(17,18)19/h6-7H,2-5,8-10H2,1H3. The molecule has 0 amide bonds. The Morgan fingerprint density at radius 1 is 0.963 bits per heavy atom. The molecule has 0 N–H and O–H groups in total. The minimum absolute atomic E-state index is 0.0224. The lowest BCUT2D eigenvalue weighted by Crippen LogP contribution is -2.48. The first-order valence-corrected chi connectivity index (χ1v) is 9.12. The molecule has 27 heavy (non-hydrogen) atoms. The summed E-state index contributed by atoms with van der Waals surface area (Å²) in [6.07, 6.45) is -8.67. The van der Waals surface area contributed by atoms with E-state index >= 15 is 0 Å². The number of hydrogen-bond donors (Lipinski definition) is 0. The first-order chi connectivity index (χ1) is 12.5. The van der Waals surface area contributed by atoms with Gasteiger partial charge in [-0.1, -0.05) is 0 Å². The quantitative estimate of drug-likeness (QED) is 0.427. The maximum Gasteiger partial charge on any atom is 0.422 e. The highest BCUT2D eigenvalue weighted by molar-refractivity contribution is 14.1. The number of ether oxygens (including phenoxy) is 2. The number of rotatable bonds is 6. The predicted octanol–water partition coefficient (Wildman–Crippen LogP) is 3.92. The summed E-state index contributed by atoms with van der Waals surface area (Å²) in [5, 5.41) is 0. The SMILES string of the molecule is COc1cc(CN2CCN(CC(F)(F)F)CC2)cc(I)c1OCC(F)(F)F. The molecule has 1 saturated heterocycles. The van der Waals surface area contributed by atoms with Crippen molar-refractivity contribution in [2.45, 2.75) is 18.9 Å². The monoisotopic (exact) mass is 512 g/mol. The van der Waals surface area contributed by atoms with E-state index in [-0.39, 0.29) is 11.5 Å². The van der Waals surface area contributed by atoms with E-state index in [1.807, 2.05) is 27.5 Å². The Labute approximate surface area is 166 Å². The first-order valence-electron chi connectivity index (χ1n) is 8.04. The van der Waals surface area contributed by atoms with Gasteiger partial charge < -0.3 is 9.47 Å². The second-order valence-electron chi connectivity index (χ2n) is 6.18. The van der Waals surface area contributed by atoms with Gasteiger partial charge in [-0.25, -0.2) is 0 Å².